The Hall–Kier alpha value is -3.87. The third-order valence-electron chi connectivity index (χ3n) is 5.08. The van der Waals surface area contributed by atoms with Gasteiger partial charge in [0.1, 0.15) is 5.75 Å². The number of benzene rings is 2. The van der Waals surface area contributed by atoms with Crippen molar-refractivity contribution in [3.63, 3.8) is 0 Å². The molecule has 3 aromatic rings. The smallest absolute Gasteiger partial charge is 0.229 e. The highest BCUT2D eigenvalue weighted by atomic mass is 16.5. The number of anilines is 1. The zero-order valence-electron chi connectivity index (χ0n) is 17.2. The number of rotatable bonds is 7. The summed E-state index contributed by atoms with van der Waals surface area (Å²) in [6, 6.07) is 20.1. The van der Waals surface area contributed by atoms with Gasteiger partial charge in [-0.2, -0.15) is 0 Å². The molecule has 2 amide bonds. The van der Waals surface area contributed by atoms with Crippen molar-refractivity contribution in [2.24, 2.45) is 5.92 Å². The summed E-state index contributed by atoms with van der Waals surface area (Å²) in [5, 5.41) is 2.89. The number of para-hydroxylation sites is 2. The topological polar surface area (TPSA) is 80.8 Å². The lowest BCUT2D eigenvalue weighted by atomic mass is 10.1. The molecule has 1 fully saturated rings. The molecule has 2 heterocycles. The largest absolute Gasteiger partial charge is 0.493 e. The SMILES string of the molecule is COc1ccccc1Oc1ccc(NC(=O)C2CC(=O)N(Cc3ccccn3)C2)cc1. The molecule has 7 nitrogen and oxygen atoms in total. The summed E-state index contributed by atoms with van der Waals surface area (Å²) in [5.41, 5.74) is 1.45. The lowest BCUT2D eigenvalue weighted by Gasteiger charge is -2.16. The normalized spacial score (nSPS) is 15.6. The maximum absolute atomic E-state index is 12.7. The van der Waals surface area contributed by atoms with Gasteiger partial charge in [0.2, 0.25) is 11.8 Å². The van der Waals surface area contributed by atoms with Crippen molar-refractivity contribution in [3.8, 4) is 17.2 Å². The third-order valence-corrected chi connectivity index (χ3v) is 5.08. The summed E-state index contributed by atoms with van der Waals surface area (Å²) < 4.78 is 11.1. The van der Waals surface area contributed by atoms with Gasteiger partial charge in [0, 0.05) is 24.8 Å². The van der Waals surface area contributed by atoms with Crippen LogP contribution >= 0.6 is 0 Å². The number of nitrogens with zero attached hydrogens (tertiary/aromatic N) is 2. The van der Waals surface area contributed by atoms with Gasteiger partial charge < -0.3 is 19.7 Å². The van der Waals surface area contributed by atoms with Gasteiger partial charge in [-0.1, -0.05) is 18.2 Å². The summed E-state index contributed by atoms with van der Waals surface area (Å²) in [4.78, 5) is 30.9. The zero-order valence-corrected chi connectivity index (χ0v) is 17.2. The molecule has 1 unspecified atom stereocenters. The molecule has 1 aliphatic heterocycles. The average molecular weight is 417 g/mol. The molecule has 0 spiro atoms. The number of pyridine rings is 1. The van der Waals surface area contributed by atoms with Crippen LogP contribution in [0.15, 0.2) is 72.9 Å². The minimum atomic E-state index is -0.388. The molecule has 1 aromatic heterocycles. The number of ether oxygens (including phenoxy) is 2. The Morgan fingerprint density at radius 3 is 2.52 bits per heavy atom. The molecule has 0 bridgehead atoms. The third kappa shape index (κ3) is 5.01. The molecule has 7 heteroatoms. The molecule has 2 aromatic carbocycles. The van der Waals surface area contributed by atoms with Crippen LogP contribution in [0.2, 0.25) is 0 Å². The van der Waals surface area contributed by atoms with Crippen LogP contribution in [0.3, 0.4) is 0 Å². The molecule has 1 atom stereocenters. The molecule has 1 saturated heterocycles. The first-order valence-electron chi connectivity index (χ1n) is 10.0. The second-order valence-corrected chi connectivity index (χ2v) is 7.26. The first kappa shape index (κ1) is 20.4. The number of hydrogen-bond donors (Lipinski definition) is 1. The van der Waals surface area contributed by atoms with Crippen molar-refractivity contribution in [1.82, 2.24) is 9.88 Å². The summed E-state index contributed by atoms with van der Waals surface area (Å²) in [6.45, 7) is 0.800. The van der Waals surface area contributed by atoms with Gasteiger partial charge in [0.15, 0.2) is 11.5 Å². The fraction of sp³-hybridized carbons (Fsp3) is 0.208. The van der Waals surface area contributed by atoms with Crippen molar-refractivity contribution in [1.29, 1.82) is 0 Å². The summed E-state index contributed by atoms with van der Waals surface area (Å²) in [7, 11) is 1.59. The molecule has 0 saturated carbocycles. The fourth-order valence-corrected chi connectivity index (χ4v) is 3.47. The number of amides is 2. The standard InChI is InChI=1S/C24H23N3O4/c1-30-21-7-2-3-8-22(21)31-20-11-9-18(10-12-20)26-24(29)17-14-23(28)27(15-17)16-19-6-4-5-13-25-19/h2-13,17H,14-16H2,1H3,(H,26,29). The second kappa shape index (κ2) is 9.30. The van der Waals surface area contributed by atoms with Crippen LogP contribution in [0.25, 0.3) is 0 Å². The molecule has 31 heavy (non-hydrogen) atoms. The molecular weight excluding hydrogens is 394 g/mol. The van der Waals surface area contributed by atoms with Gasteiger partial charge in [0.25, 0.3) is 0 Å². The zero-order chi connectivity index (χ0) is 21.6. The predicted octanol–water partition coefficient (Wildman–Crippen LogP) is 3.87. The van der Waals surface area contributed by atoms with Gasteiger partial charge in [-0.3, -0.25) is 14.6 Å². The molecule has 0 radical (unpaired) electrons. The lowest BCUT2D eigenvalue weighted by Crippen LogP contribution is -2.28. The van der Waals surface area contributed by atoms with E-state index in [0.29, 0.717) is 36.0 Å². The summed E-state index contributed by atoms with van der Waals surface area (Å²) in [5.74, 6) is 1.28. The van der Waals surface area contributed by atoms with Gasteiger partial charge in [-0.25, -0.2) is 0 Å². The number of aromatic nitrogens is 1. The highest BCUT2D eigenvalue weighted by molar-refractivity contribution is 5.97. The van der Waals surface area contributed by atoms with Crippen molar-refractivity contribution in [2.75, 3.05) is 19.0 Å². The van der Waals surface area contributed by atoms with Crippen molar-refractivity contribution >= 4 is 17.5 Å². The van der Waals surface area contributed by atoms with Gasteiger partial charge >= 0.3 is 0 Å². The van der Waals surface area contributed by atoms with Crippen LogP contribution in [0.5, 0.6) is 17.2 Å². The van der Waals surface area contributed by atoms with Crippen molar-refractivity contribution in [3.05, 3.63) is 78.6 Å². The number of methoxy groups -OCH3 is 1. The quantitative estimate of drug-likeness (QED) is 0.631. The van der Waals surface area contributed by atoms with E-state index < -0.39 is 0 Å². The molecule has 1 aliphatic rings. The molecule has 1 N–H and O–H groups in total. The second-order valence-electron chi connectivity index (χ2n) is 7.26. The van der Waals surface area contributed by atoms with Crippen molar-refractivity contribution < 1.29 is 19.1 Å². The first-order chi connectivity index (χ1) is 15.1. The Kier molecular flexibility index (Phi) is 6.12. The Morgan fingerprint density at radius 2 is 1.81 bits per heavy atom. The van der Waals surface area contributed by atoms with Gasteiger partial charge in [-0.15, -0.1) is 0 Å². The van der Waals surface area contributed by atoms with E-state index in [1.165, 1.54) is 0 Å². The average Bonchev–Trinajstić information content (AvgIpc) is 3.16. The first-order valence-corrected chi connectivity index (χ1v) is 10.0. The molecule has 158 valence electrons. The number of carbonyl (C=O) groups excluding carboxylic acids is 2. The van der Waals surface area contributed by atoms with E-state index >= 15 is 0 Å². The number of likely N-dealkylation sites (tertiary alicyclic amines) is 1. The van der Waals surface area contributed by atoms with E-state index in [2.05, 4.69) is 10.3 Å². The van der Waals surface area contributed by atoms with Crippen LogP contribution < -0.4 is 14.8 Å². The highest BCUT2D eigenvalue weighted by Gasteiger charge is 2.34. The summed E-state index contributed by atoms with van der Waals surface area (Å²) in [6.07, 6.45) is 1.90. The van der Waals surface area contributed by atoms with E-state index in [-0.39, 0.29) is 24.2 Å². The van der Waals surface area contributed by atoms with Crippen LogP contribution in [0, 0.1) is 5.92 Å². The minimum absolute atomic E-state index is 0.0358. The van der Waals surface area contributed by atoms with Crippen LogP contribution in [-0.2, 0) is 16.1 Å². The highest BCUT2D eigenvalue weighted by Crippen LogP contribution is 2.31. The molecule has 4 rings (SSSR count). The Bertz CT molecular complexity index is 1050. The predicted molar refractivity (Wildman–Crippen MR) is 116 cm³/mol. The van der Waals surface area contributed by atoms with Crippen LogP contribution in [0.4, 0.5) is 5.69 Å². The van der Waals surface area contributed by atoms with Gasteiger partial charge in [0.05, 0.1) is 25.3 Å². The fourth-order valence-electron chi connectivity index (χ4n) is 3.47. The van der Waals surface area contributed by atoms with E-state index in [1.54, 1.807) is 42.5 Å². The van der Waals surface area contributed by atoms with E-state index in [0.717, 1.165) is 5.69 Å². The van der Waals surface area contributed by atoms with E-state index in [1.807, 2.05) is 42.5 Å². The summed E-state index contributed by atoms with van der Waals surface area (Å²) >= 11 is 0. The number of nitrogens with one attached hydrogen (secondary N) is 1. The number of hydrogen-bond acceptors (Lipinski definition) is 5. The van der Waals surface area contributed by atoms with E-state index in [9.17, 15) is 9.59 Å². The molecule has 0 aliphatic carbocycles. The van der Waals surface area contributed by atoms with Crippen LogP contribution in [-0.4, -0.2) is 35.4 Å². The Morgan fingerprint density at radius 1 is 1.06 bits per heavy atom. The Balaban J connectivity index is 1.34. The Labute approximate surface area is 180 Å². The molecular formula is C24H23N3O4. The minimum Gasteiger partial charge on any atom is -0.493 e. The van der Waals surface area contributed by atoms with E-state index in [4.69, 9.17) is 9.47 Å². The maximum atomic E-state index is 12.7. The number of carbonyl (C=O) groups is 2. The maximum Gasteiger partial charge on any atom is 0.229 e. The van der Waals surface area contributed by atoms with Gasteiger partial charge in [-0.05, 0) is 48.5 Å². The lowest BCUT2D eigenvalue weighted by molar-refractivity contribution is -0.128. The van der Waals surface area contributed by atoms with Crippen LogP contribution in [0.1, 0.15) is 12.1 Å². The monoisotopic (exact) mass is 417 g/mol. The van der Waals surface area contributed by atoms with Crippen molar-refractivity contribution in [2.45, 2.75) is 13.0 Å².